The summed E-state index contributed by atoms with van der Waals surface area (Å²) >= 11 is 0. The normalized spacial score (nSPS) is 13.1. The number of hydrogen-bond acceptors (Lipinski definition) is 5. The van der Waals surface area contributed by atoms with Crippen LogP contribution in [0, 0.1) is 0 Å². The first-order valence-corrected chi connectivity index (χ1v) is 9.81. The molecule has 7 heteroatoms. The highest BCUT2D eigenvalue weighted by Crippen LogP contribution is 2.18. The fraction of sp³-hybridized carbons (Fsp3) is 0.391. The summed E-state index contributed by atoms with van der Waals surface area (Å²) in [7, 11) is 1.60. The first-order chi connectivity index (χ1) is 14.2. The Morgan fingerprint density at radius 1 is 1.00 bits per heavy atom. The second kappa shape index (κ2) is 10.6. The molecule has 0 saturated carbocycles. The number of benzene rings is 2. The first-order valence-electron chi connectivity index (χ1n) is 9.81. The van der Waals surface area contributed by atoms with Gasteiger partial charge in [0.05, 0.1) is 13.2 Å². The highest BCUT2D eigenvalue weighted by atomic mass is 16.7. The second-order valence-corrected chi connectivity index (χ2v) is 7.90. The summed E-state index contributed by atoms with van der Waals surface area (Å²) in [4.78, 5) is 30.3. The Morgan fingerprint density at radius 2 is 1.63 bits per heavy atom. The summed E-state index contributed by atoms with van der Waals surface area (Å²) in [5.41, 5.74) is 3.38. The van der Waals surface area contributed by atoms with Crippen LogP contribution in [-0.4, -0.2) is 30.8 Å². The van der Waals surface area contributed by atoms with E-state index in [0.717, 1.165) is 16.9 Å². The molecule has 0 aliphatic heterocycles. The number of hydrogen-bond donors (Lipinski definition) is 2. The van der Waals surface area contributed by atoms with E-state index < -0.39 is 17.8 Å². The highest BCUT2D eigenvalue weighted by molar-refractivity contribution is 5.81. The Labute approximate surface area is 177 Å². The lowest BCUT2D eigenvalue weighted by molar-refractivity contribution is -0.138. The third-order valence-corrected chi connectivity index (χ3v) is 4.21. The predicted octanol–water partition coefficient (Wildman–Crippen LogP) is 3.94. The highest BCUT2D eigenvalue weighted by Gasteiger charge is 2.25. The molecule has 2 atom stereocenters. The molecule has 0 spiro atoms. The van der Waals surface area contributed by atoms with Crippen LogP contribution < -0.4 is 15.5 Å². The van der Waals surface area contributed by atoms with Crippen LogP contribution in [0.3, 0.4) is 0 Å². The van der Waals surface area contributed by atoms with E-state index in [0.29, 0.717) is 0 Å². The molecule has 2 amide bonds. The van der Waals surface area contributed by atoms with Gasteiger partial charge in [0.25, 0.3) is 5.91 Å². The SMILES string of the molecule is COc1ccc(C(C)NC(=O)C(Cc2ccccc2)ONC(=O)OC(C)(C)C)cc1. The molecular weight excluding hydrogens is 384 g/mol. The molecule has 2 unspecified atom stereocenters. The Morgan fingerprint density at radius 3 is 2.20 bits per heavy atom. The molecule has 0 fully saturated rings. The van der Waals surface area contributed by atoms with Crippen LogP contribution in [0.5, 0.6) is 5.75 Å². The molecule has 162 valence electrons. The van der Waals surface area contributed by atoms with Crippen LogP contribution in [0.15, 0.2) is 54.6 Å². The lowest BCUT2D eigenvalue weighted by Crippen LogP contribution is -2.44. The van der Waals surface area contributed by atoms with Crippen LogP contribution in [0.1, 0.15) is 44.9 Å². The van der Waals surface area contributed by atoms with Crippen molar-refractivity contribution >= 4 is 12.0 Å². The van der Waals surface area contributed by atoms with Crippen molar-refractivity contribution in [2.24, 2.45) is 0 Å². The molecule has 0 heterocycles. The topological polar surface area (TPSA) is 85.9 Å². The number of rotatable bonds is 8. The van der Waals surface area contributed by atoms with Gasteiger partial charge in [-0.3, -0.25) is 9.63 Å². The van der Waals surface area contributed by atoms with Crippen molar-refractivity contribution in [1.82, 2.24) is 10.8 Å². The summed E-state index contributed by atoms with van der Waals surface area (Å²) in [5, 5.41) is 2.93. The van der Waals surface area contributed by atoms with Gasteiger partial charge in [-0.15, -0.1) is 0 Å². The van der Waals surface area contributed by atoms with Crippen LogP contribution in [0.2, 0.25) is 0 Å². The number of carbonyl (C=O) groups is 2. The van der Waals surface area contributed by atoms with E-state index in [1.54, 1.807) is 27.9 Å². The maximum absolute atomic E-state index is 12.9. The van der Waals surface area contributed by atoms with Crippen molar-refractivity contribution in [2.75, 3.05) is 7.11 Å². The van der Waals surface area contributed by atoms with Crippen molar-refractivity contribution in [3.05, 3.63) is 65.7 Å². The zero-order valence-electron chi connectivity index (χ0n) is 18.1. The third kappa shape index (κ3) is 7.75. The van der Waals surface area contributed by atoms with Crippen molar-refractivity contribution in [1.29, 1.82) is 0 Å². The number of ether oxygens (including phenoxy) is 2. The van der Waals surface area contributed by atoms with E-state index in [9.17, 15) is 9.59 Å². The van der Waals surface area contributed by atoms with Gasteiger partial charge in [0.2, 0.25) is 0 Å². The van der Waals surface area contributed by atoms with E-state index in [2.05, 4.69) is 10.8 Å². The fourth-order valence-corrected chi connectivity index (χ4v) is 2.72. The third-order valence-electron chi connectivity index (χ3n) is 4.21. The van der Waals surface area contributed by atoms with Gasteiger partial charge in [-0.05, 0) is 51.0 Å². The van der Waals surface area contributed by atoms with Gasteiger partial charge in [-0.1, -0.05) is 42.5 Å². The van der Waals surface area contributed by atoms with Crippen molar-refractivity contribution in [3.8, 4) is 5.75 Å². The maximum Gasteiger partial charge on any atom is 0.431 e. The molecule has 0 saturated heterocycles. The lowest BCUT2D eigenvalue weighted by Gasteiger charge is -2.23. The van der Waals surface area contributed by atoms with E-state index in [4.69, 9.17) is 14.3 Å². The average molecular weight is 415 g/mol. The Hall–Kier alpha value is -3.06. The number of amides is 2. The number of carbonyl (C=O) groups excluding carboxylic acids is 2. The lowest BCUT2D eigenvalue weighted by atomic mass is 10.1. The van der Waals surface area contributed by atoms with Crippen LogP contribution in [0.4, 0.5) is 4.79 Å². The number of nitrogens with one attached hydrogen (secondary N) is 2. The molecule has 0 bridgehead atoms. The van der Waals surface area contributed by atoms with Gasteiger partial charge in [0.1, 0.15) is 11.4 Å². The van der Waals surface area contributed by atoms with Gasteiger partial charge in [0, 0.05) is 6.42 Å². The Kier molecular flexibility index (Phi) is 8.24. The molecule has 2 aromatic rings. The van der Waals surface area contributed by atoms with E-state index >= 15 is 0 Å². The van der Waals surface area contributed by atoms with E-state index in [-0.39, 0.29) is 18.4 Å². The van der Waals surface area contributed by atoms with Gasteiger partial charge in [0.15, 0.2) is 6.10 Å². The molecule has 7 nitrogen and oxygen atoms in total. The summed E-state index contributed by atoms with van der Waals surface area (Å²) in [6.45, 7) is 7.12. The smallest absolute Gasteiger partial charge is 0.431 e. The molecule has 2 rings (SSSR count). The number of hydroxylamine groups is 1. The maximum atomic E-state index is 12.9. The Balaban J connectivity index is 2.05. The molecule has 2 N–H and O–H groups in total. The minimum atomic E-state index is -0.930. The molecule has 2 aromatic carbocycles. The van der Waals surface area contributed by atoms with Gasteiger partial charge in [-0.25, -0.2) is 4.79 Å². The zero-order chi connectivity index (χ0) is 22.1. The zero-order valence-corrected chi connectivity index (χ0v) is 18.1. The molecule has 30 heavy (non-hydrogen) atoms. The van der Waals surface area contributed by atoms with Crippen LogP contribution in [0.25, 0.3) is 0 Å². The van der Waals surface area contributed by atoms with Gasteiger partial charge < -0.3 is 14.8 Å². The first kappa shape index (κ1) is 23.2. The second-order valence-electron chi connectivity index (χ2n) is 7.90. The molecule has 0 aliphatic rings. The van der Waals surface area contributed by atoms with Crippen LogP contribution in [-0.2, 0) is 20.8 Å². The quantitative estimate of drug-likeness (QED) is 0.639. The summed E-state index contributed by atoms with van der Waals surface area (Å²) in [5.74, 6) is 0.391. The van der Waals surface area contributed by atoms with E-state index in [1.165, 1.54) is 0 Å². The summed E-state index contributed by atoms with van der Waals surface area (Å²) in [6.07, 6.45) is -1.39. The minimum Gasteiger partial charge on any atom is -0.497 e. The van der Waals surface area contributed by atoms with Crippen LogP contribution >= 0.6 is 0 Å². The monoisotopic (exact) mass is 414 g/mol. The molecule has 0 aliphatic carbocycles. The number of methoxy groups -OCH3 is 1. The largest absolute Gasteiger partial charge is 0.497 e. The van der Waals surface area contributed by atoms with Crippen molar-refractivity contribution in [2.45, 2.75) is 51.9 Å². The van der Waals surface area contributed by atoms with Gasteiger partial charge in [-0.2, -0.15) is 5.48 Å². The molecule has 0 radical (unpaired) electrons. The minimum absolute atomic E-state index is 0.258. The van der Waals surface area contributed by atoms with Crippen molar-refractivity contribution < 1.29 is 23.9 Å². The van der Waals surface area contributed by atoms with Gasteiger partial charge >= 0.3 is 6.09 Å². The predicted molar refractivity (Wildman–Crippen MR) is 114 cm³/mol. The fourth-order valence-electron chi connectivity index (χ4n) is 2.72. The standard InChI is InChI=1S/C23H30N2O5/c1-16(18-11-13-19(28-5)14-12-18)24-21(26)20(15-17-9-7-6-8-10-17)30-25-22(27)29-23(2,3)4/h6-14,16,20H,15H2,1-5H3,(H,24,26)(H,25,27). The van der Waals surface area contributed by atoms with Crippen molar-refractivity contribution in [3.63, 3.8) is 0 Å². The Bertz CT molecular complexity index is 816. The summed E-state index contributed by atoms with van der Waals surface area (Å²) in [6, 6.07) is 16.6. The molecular formula is C23H30N2O5. The summed E-state index contributed by atoms with van der Waals surface area (Å²) < 4.78 is 10.3. The van der Waals surface area contributed by atoms with E-state index in [1.807, 2.05) is 61.5 Å². The molecule has 0 aromatic heterocycles. The average Bonchev–Trinajstić information content (AvgIpc) is 2.70.